The molecule has 0 saturated heterocycles. The molecule has 1 heterocycles. The van der Waals surface area contributed by atoms with Crippen molar-refractivity contribution in [1.82, 2.24) is 15.9 Å². The Labute approximate surface area is 253 Å². The Morgan fingerprint density at radius 2 is 1.80 bits per heavy atom. The van der Waals surface area contributed by atoms with E-state index in [0.29, 0.717) is 17.7 Å². The van der Waals surface area contributed by atoms with Gasteiger partial charge in [0.25, 0.3) is 5.91 Å². The molecule has 1 atom stereocenters. The number of amides is 1. The van der Waals surface area contributed by atoms with Gasteiger partial charge in [0.15, 0.2) is 5.75 Å². The van der Waals surface area contributed by atoms with Gasteiger partial charge in [-0.3, -0.25) is 10.2 Å². The second-order valence-corrected chi connectivity index (χ2v) is 10.2. The number of carbonyl (C=O) groups is 2. The van der Waals surface area contributed by atoms with Crippen LogP contribution in [0.3, 0.4) is 0 Å². The van der Waals surface area contributed by atoms with Crippen molar-refractivity contribution in [2.75, 3.05) is 12.0 Å². The standard InChI is InChI=1S/C31H33N3O4S.Li.H/c1-22-8-6-7-11-26(22)28-20-23(14-15-27(28)30(35)33-29(31(36)37)17-19-39-2)12-13-24-16-18-34(32-21-24)38-25-9-4-3-5-10-25;;/h3-11,14-16,18,20-21,29,32H,12-13,17,19H2,1-2H3,(H,33,35)(H,36,37);;/q;+1;-1. The third kappa shape index (κ3) is 8.46. The van der Waals surface area contributed by atoms with Crippen molar-refractivity contribution < 1.29 is 39.8 Å². The number of nitrogens with one attached hydrogen (secondary N) is 2. The van der Waals surface area contributed by atoms with Gasteiger partial charge in [-0.2, -0.15) is 11.8 Å². The monoisotopic (exact) mass is 551 g/mol. The third-order valence-corrected chi connectivity index (χ3v) is 7.07. The fourth-order valence-electron chi connectivity index (χ4n) is 4.27. The third-order valence-electron chi connectivity index (χ3n) is 6.43. The van der Waals surface area contributed by atoms with E-state index in [1.165, 1.54) is 0 Å². The molecule has 204 valence electrons. The predicted molar refractivity (Wildman–Crippen MR) is 157 cm³/mol. The van der Waals surface area contributed by atoms with Crippen LogP contribution in [0, 0.1) is 6.92 Å². The van der Waals surface area contributed by atoms with Crippen molar-refractivity contribution in [3.63, 3.8) is 0 Å². The van der Waals surface area contributed by atoms with E-state index < -0.39 is 12.0 Å². The van der Waals surface area contributed by atoms with Gasteiger partial charge in [-0.25, -0.2) is 4.79 Å². The van der Waals surface area contributed by atoms with Crippen LogP contribution in [-0.2, 0) is 11.2 Å². The molecule has 7 nitrogen and oxygen atoms in total. The van der Waals surface area contributed by atoms with Crippen LogP contribution >= 0.6 is 11.8 Å². The maximum atomic E-state index is 13.3. The normalized spacial score (nSPS) is 12.9. The molecule has 3 aromatic carbocycles. The number of aliphatic carboxylic acids is 1. The van der Waals surface area contributed by atoms with Crippen molar-refractivity contribution in [3.05, 3.63) is 114 Å². The molecule has 0 spiro atoms. The summed E-state index contributed by atoms with van der Waals surface area (Å²) in [5, 5.41) is 13.9. The Kier molecular flexibility index (Phi) is 11.8. The first-order valence-electron chi connectivity index (χ1n) is 12.8. The number of para-hydroxylation sites is 1. The van der Waals surface area contributed by atoms with Gasteiger partial charge >= 0.3 is 24.8 Å². The summed E-state index contributed by atoms with van der Waals surface area (Å²) in [5.74, 6) is -0.0234. The van der Waals surface area contributed by atoms with Gasteiger partial charge in [0.05, 0.1) is 6.20 Å². The number of rotatable bonds is 12. The van der Waals surface area contributed by atoms with Crippen molar-refractivity contribution in [3.8, 4) is 16.9 Å². The minimum Gasteiger partial charge on any atom is -1.00 e. The molecule has 1 aliphatic rings. The number of hydrazine groups is 1. The first kappa shape index (κ1) is 31.0. The number of hydroxylamine groups is 1. The zero-order valence-corrected chi connectivity index (χ0v) is 23.9. The number of thioether (sulfide) groups is 1. The fourth-order valence-corrected chi connectivity index (χ4v) is 4.74. The zero-order chi connectivity index (χ0) is 27.6. The number of hydrogen-bond donors (Lipinski definition) is 3. The Morgan fingerprint density at radius 3 is 2.48 bits per heavy atom. The minimum absolute atomic E-state index is 0. The van der Waals surface area contributed by atoms with Crippen LogP contribution in [-0.4, -0.2) is 40.2 Å². The Balaban J connectivity index is 0.00000294. The van der Waals surface area contributed by atoms with E-state index in [0.717, 1.165) is 46.4 Å². The van der Waals surface area contributed by atoms with Gasteiger partial charge in [-0.1, -0.05) is 54.6 Å². The number of aryl methyl sites for hydroxylation is 2. The maximum Gasteiger partial charge on any atom is 1.00 e. The summed E-state index contributed by atoms with van der Waals surface area (Å²) < 4.78 is 0. The van der Waals surface area contributed by atoms with E-state index in [9.17, 15) is 14.7 Å². The summed E-state index contributed by atoms with van der Waals surface area (Å²) >= 11 is 1.55. The number of benzene rings is 3. The molecule has 0 saturated carbocycles. The van der Waals surface area contributed by atoms with E-state index in [1.807, 2.05) is 98.4 Å². The summed E-state index contributed by atoms with van der Waals surface area (Å²) in [7, 11) is 0. The van der Waals surface area contributed by atoms with Crippen LogP contribution < -0.4 is 34.4 Å². The SMILES string of the molecule is CSCCC(NC(=O)c1ccc(CCC2=CNN(Oc3ccccc3)C=C2)cc1-c1ccccc1C)C(=O)O.[H-].[Li+]. The van der Waals surface area contributed by atoms with E-state index in [1.54, 1.807) is 23.0 Å². The molecular weight excluding hydrogens is 517 g/mol. The minimum atomic E-state index is -1.03. The first-order valence-corrected chi connectivity index (χ1v) is 14.2. The number of hydrogen-bond acceptors (Lipinski definition) is 6. The van der Waals surface area contributed by atoms with Gasteiger partial charge in [-0.05, 0) is 90.3 Å². The van der Waals surface area contributed by atoms with E-state index in [-0.39, 0.29) is 26.2 Å². The van der Waals surface area contributed by atoms with E-state index in [2.05, 4.69) is 10.7 Å². The summed E-state index contributed by atoms with van der Waals surface area (Å²) in [6.45, 7) is 2.01. The molecule has 9 heteroatoms. The number of carboxylic acid groups (broad SMARTS) is 1. The van der Waals surface area contributed by atoms with Crippen molar-refractivity contribution in [1.29, 1.82) is 0 Å². The molecule has 3 aromatic rings. The van der Waals surface area contributed by atoms with Gasteiger partial charge < -0.3 is 16.7 Å². The quantitative estimate of drug-likeness (QED) is 0.298. The van der Waals surface area contributed by atoms with Crippen LogP contribution in [0.15, 0.2) is 96.8 Å². The van der Waals surface area contributed by atoms with Crippen molar-refractivity contribution in [2.45, 2.75) is 32.2 Å². The Hall–Kier alpha value is -3.57. The van der Waals surface area contributed by atoms with Crippen LogP contribution in [0.5, 0.6) is 5.75 Å². The van der Waals surface area contributed by atoms with Gasteiger partial charge in [0.1, 0.15) is 6.04 Å². The van der Waals surface area contributed by atoms with E-state index in [4.69, 9.17) is 4.84 Å². The molecular formula is C31H34LiN3O4S. The predicted octanol–water partition coefficient (Wildman–Crippen LogP) is 2.86. The van der Waals surface area contributed by atoms with Crippen LogP contribution in [0.4, 0.5) is 0 Å². The largest absolute Gasteiger partial charge is 1.00 e. The molecule has 1 aliphatic heterocycles. The number of allylic oxidation sites excluding steroid dienone is 2. The second-order valence-electron chi connectivity index (χ2n) is 9.23. The van der Waals surface area contributed by atoms with Crippen LogP contribution in [0.25, 0.3) is 11.1 Å². The number of carbonyl (C=O) groups excluding carboxylic acids is 1. The second kappa shape index (κ2) is 15.3. The molecule has 0 bridgehead atoms. The molecule has 0 aliphatic carbocycles. The average Bonchev–Trinajstić information content (AvgIpc) is 2.95. The summed E-state index contributed by atoms with van der Waals surface area (Å²) in [6, 6.07) is 22.3. The summed E-state index contributed by atoms with van der Waals surface area (Å²) in [4.78, 5) is 30.8. The molecule has 1 unspecified atom stereocenters. The molecule has 40 heavy (non-hydrogen) atoms. The van der Waals surface area contributed by atoms with Crippen molar-refractivity contribution in [2.24, 2.45) is 0 Å². The van der Waals surface area contributed by atoms with Gasteiger partial charge in [-0.15, -0.1) is 5.17 Å². The van der Waals surface area contributed by atoms with Crippen LogP contribution in [0.1, 0.15) is 35.8 Å². The Morgan fingerprint density at radius 1 is 1.05 bits per heavy atom. The number of carboxylic acids is 1. The Bertz CT molecular complexity index is 1370. The topological polar surface area (TPSA) is 90.9 Å². The molecule has 3 N–H and O–H groups in total. The van der Waals surface area contributed by atoms with Crippen LogP contribution in [0.2, 0.25) is 0 Å². The zero-order valence-electron chi connectivity index (χ0n) is 24.1. The smallest absolute Gasteiger partial charge is 1.00 e. The maximum absolute atomic E-state index is 13.3. The molecule has 0 fully saturated rings. The summed E-state index contributed by atoms with van der Waals surface area (Å²) in [5.41, 5.74) is 8.58. The molecule has 0 aromatic heterocycles. The van der Waals surface area contributed by atoms with Crippen molar-refractivity contribution >= 4 is 23.6 Å². The molecule has 1 amide bonds. The first-order chi connectivity index (χ1) is 18.9. The van der Waals surface area contributed by atoms with Gasteiger partial charge in [0.2, 0.25) is 0 Å². The number of nitrogens with zero attached hydrogens (tertiary/aromatic N) is 1. The summed E-state index contributed by atoms with van der Waals surface area (Å²) in [6.07, 6.45) is 9.59. The van der Waals surface area contributed by atoms with E-state index >= 15 is 0 Å². The van der Waals surface area contributed by atoms with Gasteiger partial charge in [0, 0.05) is 11.8 Å². The molecule has 4 rings (SSSR count). The molecule has 0 radical (unpaired) electrons. The average molecular weight is 552 g/mol. The fraction of sp³-hybridized carbons (Fsp3) is 0.226.